The summed E-state index contributed by atoms with van der Waals surface area (Å²) >= 11 is 0. The SMILES string of the molecule is CCNCC1(CN(C)C(C)C)CCC(C)CC1. The second-order valence-electron chi connectivity index (χ2n) is 6.47. The summed E-state index contributed by atoms with van der Waals surface area (Å²) in [6.07, 6.45) is 5.63. The van der Waals surface area contributed by atoms with Crippen LogP contribution in [0.25, 0.3) is 0 Å². The summed E-state index contributed by atoms with van der Waals surface area (Å²) in [7, 11) is 2.27. The highest BCUT2D eigenvalue weighted by Gasteiger charge is 2.35. The standard InChI is InChI=1S/C15H32N2/c1-6-16-11-15(12-17(5)13(2)3)9-7-14(4)8-10-15/h13-14,16H,6-12H2,1-5H3. The molecule has 0 bridgehead atoms. The van der Waals surface area contributed by atoms with Crippen molar-refractivity contribution in [2.45, 2.75) is 59.4 Å². The van der Waals surface area contributed by atoms with E-state index < -0.39 is 0 Å². The second-order valence-corrected chi connectivity index (χ2v) is 6.47. The maximum absolute atomic E-state index is 3.59. The third-order valence-corrected chi connectivity index (χ3v) is 4.55. The van der Waals surface area contributed by atoms with Gasteiger partial charge in [-0.25, -0.2) is 0 Å². The lowest BCUT2D eigenvalue weighted by Gasteiger charge is -2.43. The summed E-state index contributed by atoms with van der Waals surface area (Å²) in [4.78, 5) is 2.52. The normalized spacial score (nSPS) is 30.2. The molecule has 2 heteroatoms. The van der Waals surface area contributed by atoms with Crippen molar-refractivity contribution in [2.75, 3.05) is 26.7 Å². The van der Waals surface area contributed by atoms with Crippen molar-refractivity contribution in [3.63, 3.8) is 0 Å². The number of hydrogen-bond donors (Lipinski definition) is 1. The predicted octanol–water partition coefficient (Wildman–Crippen LogP) is 3.13. The van der Waals surface area contributed by atoms with Crippen molar-refractivity contribution in [1.29, 1.82) is 0 Å². The molecule has 17 heavy (non-hydrogen) atoms. The van der Waals surface area contributed by atoms with E-state index in [1.807, 2.05) is 0 Å². The molecule has 0 aromatic carbocycles. The van der Waals surface area contributed by atoms with Crippen molar-refractivity contribution in [2.24, 2.45) is 11.3 Å². The topological polar surface area (TPSA) is 15.3 Å². The van der Waals surface area contributed by atoms with E-state index in [1.54, 1.807) is 0 Å². The van der Waals surface area contributed by atoms with E-state index in [0.717, 1.165) is 12.5 Å². The van der Waals surface area contributed by atoms with Gasteiger partial charge in [-0.2, -0.15) is 0 Å². The Morgan fingerprint density at radius 1 is 1.29 bits per heavy atom. The quantitative estimate of drug-likeness (QED) is 0.767. The molecule has 2 nitrogen and oxygen atoms in total. The molecule has 0 heterocycles. The second kappa shape index (κ2) is 6.75. The maximum atomic E-state index is 3.59. The molecule has 0 aliphatic heterocycles. The molecule has 102 valence electrons. The van der Waals surface area contributed by atoms with Crippen LogP contribution < -0.4 is 5.32 Å². The summed E-state index contributed by atoms with van der Waals surface area (Å²) in [6.45, 7) is 12.8. The summed E-state index contributed by atoms with van der Waals surface area (Å²) in [5.74, 6) is 0.939. The summed E-state index contributed by atoms with van der Waals surface area (Å²) in [6, 6.07) is 0.660. The highest BCUT2D eigenvalue weighted by Crippen LogP contribution is 2.39. The minimum atomic E-state index is 0.529. The van der Waals surface area contributed by atoms with Crippen LogP contribution in [0.4, 0.5) is 0 Å². The Balaban J connectivity index is 2.58. The van der Waals surface area contributed by atoms with Crippen LogP contribution in [0.3, 0.4) is 0 Å². The molecule has 0 radical (unpaired) electrons. The van der Waals surface area contributed by atoms with Gasteiger partial charge in [0.25, 0.3) is 0 Å². The van der Waals surface area contributed by atoms with Crippen molar-refractivity contribution in [1.82, 2.24) is 10.2 Å². The van der Waals surface area contributed by atoms with Crippen molar-refractivity contribution < 1.29 is 0 Å². The summed E-state index contributed by atoms with van der Waals surface area (Å²) < 4.78 is 0. The van der Waals surface area contributed by atoms with Crippen LogP contribution in [0.2, 0.25) is 0 Å². The number of nitrogens with one attached hydrogen (secondary N) is 1. The molecule has 0 spiro atoms. The molecular formula is C15H32N2. The molecule has 1 rings (SSSR count). The van der Waals surface area contributed by atoms with E-state index in [1.165, 1.54) is 38.8 Å². The zero-order valence-corrected chi connectivity index (χ0v) is 12.6. The predicted molar refractivity (Wildman–Crippen MR) is 76.4 cm³/mol. The Labute approximate surface area is 108 Å². The highest BCUT2D eigenvalue weighted by molar-refractivity contribution is 4.89. The fraction of sp³-hybridized carbons (Fsp3) is 1.00. The molecule has 1 aliphatic rings. The van der Waals surface area contributed by atoms with Gasteiger partial charge in [0.15, 0.2) is 0 Å². The van der Waals surface area contributed by atoms with Crippen LogP contribution in [-0.2, 0) is 0 Å². The minimum Gasteiger partial charge on any atom is -0.316 e. The van der Waals surface area contributed by atoms with Gasteiger partial charge in [-0.1, -0.05) is 26.7 Å². The van der Waals surface area contributed by atoms with Gasteiger partial charge < -0.3 is 10.2 Å². The molecule has 1 N–H and O–H groups in total. The van der Waals surface area contributed by atoms with Gasteiger partial charge in [-0.3, -0.25) is 0 Å². The first-order valence-corrected chi connectivity index (χ1v) is 7.40. The van der Waals surface area contributed by atoms with Crippen LogP contribution in [0.5, 0.6) is 0 Å². The van der Waals surface area contributed by atoms with Crippen LogP contribution in [-0.4, -0.2) is 37.6 Å². The Hall–Kier alpha value is -0.0800. The fourth-order valence-electron chi connectivity index (χ4n) is 2.87. The van der Waals surface area contributed by atoms with E-state index in [9.17, 15) is 0 Å². The molecule has 0 saturated heterocycles. The van der Waals surface area contributed by atoms with Crippen LogP contribution >= 0.6 is 0 Å². The first-order valence-electron chi connectivity index (χ1n) is 7.40. The molecular weight excluding hydrogens is 208 g/mol. The minimum absolute atomic E-state index is 0.529. The van der Waals surface area contributed by atoms with E-state index in [0.29, 0.717) is 11.5 Å². The Bertz CT molecular complexity index is 199. The Morgan fingerprint density at radius 3 is 2.35 bits per heavy atom. The number of hydrogen-bond acceptors (Lipinski definition) is 2. The van der Waals surface area contributed by atoms with Gasteiger partial charge in [0, 0.05) is 19.1 Å². The molecule has 0 amide bonds. The molecule has 1 saturated carbocycles. The Kier molecular flexibility index (Phi) is 5.94. The van der Waals surface area contributed by atoms with Crippen LogP contribution in [0.1, 0.15) is 53.4 Å². The Morgan fingerprint density at radius 2 is 1.88 bits per heavy atom. The fourth-order valence-corrected chi connectivity index (χ4v) is 2.87. The van der Waals surface area contributed by atoms with Gasteiger partial charge in [-0.15, -0.1) is 0 Å². The molecule has 0 aromatic rings. The van der Waals surface area contributed by atoms with E-state index >= 15 is 0 Å². The third-order valence-electron chi connectivity index (χ3n) is 4.55. The molecule has 0 unspecified atom stereocenters. The van der Waals surface area contributed by atoms with Gasteiger partial charge in [0.05, 0.1) is 0 Å². The lowest BCUT2D eigenvalue weighted by molar-refractivity contribution is 0.0861. The molecule has 1 aliphatic carbocycles. The van der Waals surface area contributed by atoms with Gasteiger partial charge in [-0.05, 0) is 51.6 Å². The van der Waals surface area contributed by atoms with Crippen LogP contribution in [0, 0.1) is 11.3 Å². The van der Waals surface area contributed by atoms with Crippen molar-refractivity contribution in [3.8, 4) is 0 Å². The third kappa shape index (κ3) is 4.59. The highest BCUT2D eigenvalue weighted by atomic mass is 15.1. The van der Waals surface area contributed by atoms with Crippen molar-refractivity contribution in [3.05, 3.63) is 0 Å². The van der Waals surface area contributed by atoms with E-state index in [-0.39, 0.29) is 0 Å². The first kappa shape index (κ1) is 15.0. The smallest absolute Gasteiger partial charge is 0.00498 e. The lowest BCUT2D eigenvalue weighted by atomic mass is 9.70. The van der Waals surface area contributed by atoms with Gasteiger partial charge in [0.2, 0.25) is 0 Å². The average molecular weight is 240 g/mol. The van der Waals surface area contributed by atoms with Gasteiger partial charge in [0.1, 0.15) is 0 Å². The zero-order valence-electron chi connectivity index (χ0n) is 12.6. The largest absolute Gasteiger partial charge is 0.316 e. The van der Waals surface area contributed by atoms with Gasteiger partial charge >= 0.3 is 0 Å². The zero-order chi connectivity index (χ0) is 12.9. The molecule has 0 atom stereocenters. The van der Waals surface area contributed by atoms with E-state index in [4.69, 9.17) is 0 Å². The van der Waals surface area contributed by atoms with Crippen molar-refractivity contribution >= 4 is 0 Å². The summed E-state index contributed by atoms with van der Waals surface area (Å²) in [5.41, 5.74) is 0.529. The molecule has 1 fully saturated rings. The number of nitrogens with zero attached hydrogens (tertiary/aromatic N) is 1. The van der Waals surface area contributed by atoms with E-state index in [2.05, 4.69) is 45.0 Å². The molecule has 0 aromatic heterocycles. The monoisotopic (exact) mass is 240 g/mol. The maximum Gasteiger partial charge on any atom is 0.00498 e. The first-order chi connectivity index (χ1) is 7.99. The lowest BCUT2D eigenvalue weighted by Crippen LogP contribution is -2.46. The average Bonchev–Trinajstić information content (AvgIpc) is 2.30. The summed E-state index contributed by atoms with van der Waals surface area (Å²) in [5, 5.41) is 3.59. The number of rotatable bonds is 6. The van der Waals surface area contributed by atoms with Crippen LogP contribution in [0.15, 0.2) is 0 Å².